The summed E-state index contributed by atoms with van der Waals surface area (Å²) in [6, 6.07) is 8.16. The third kappa shape index (κ3) is 3.30. The smallest absolute Gasteiger partial charge is 0.220 e. The Labute approximate surface area is 130 Å². The lowest BCUT2D eigenvalue weighted by Crippen LogP contribution is -2.28. The van der Waals surface area contributed by atoms with Crippen LogP contribution in [0.1, 0.15) is 25.6 Å². The van der Waals surface area contributed by atoms with Crippen molar-refractivity contribution >= 4 is 16.9 Å². The lowest BCUT2D eigenvalue weighted by molar-refractivity contribution is -0.122. The second-order valence-electron chi connectivity index (χ2n) is 5.79. The maximum absolute atomic E-state index is 11.9. The number of hydrogen-bond acceptors (Lipinski definition) is 3. The van der Waals surface area contributed by atoms with Gasteiger partial charge in [-0.2, -0.15) is 0 Å². The molecule has 1 aliphatic heterocycles. The second kappa shape index (κ2) is 6.92. The summed E-state index contributed by atoms with van der Waals surface area (Å²) >= 11 is 0. The first-order chi connectivity index (χ1) is 10.8. The molecule has 2 heterocycles. The van der Waals surface area contributed by atoms with Crippen molar-refractivity contribution in [3.8, 4) is 0 Å². The van der Waals surface area contributed by atoms with Gasteiger partial charge in [0, 0.05) is 39.1 Å². The number of carbonyl (C=O) groups is 1. The van der Waals surface area contributed by atoms with E-state index in [2.05, 4.69) is 27.9 Å². The van der Waals surface area contributed by atoms with Crippen molar-refractivity contribution in [2.45, 2.75) is 32.7 Å². The third-order valence-electron chi connectivity index (χ3n) is 4.22. The van der Waals surface area contributed by atoms with E-state index in [4.69, 9.17) is 4.74 Å². The molecule has 1 aromatic carbocycles. The molecule has 1 N–H and O–H groups in total. The standard InChI is InChI=1S/C17H23N3O2/c1-2-20-15-6-4-3-5-14(15)19-16(20)7-9-18-17(21)11-13-8-10-22-12-13/h3-6,13H,2,7-12H2,1H3,(H,18,21)/t13-/m0/s1. The predicted molar refractivity (Wildman–Crippen MR) is 85.7 cm³/mol. The fraction of sp³-hybridized carbons (Fsp3) is 0.529. The van der Waals surface area contributed by atoms with E-state index < -0.39 is 0 Å². The Morgan fingerprint density at radius 3 is 3.09 bits per heavy atom. The van der Waals surface area contributed by atoms with Crippen molar-refractivity contribution in [2.75, 3.05) is 19.8 Å². The molecule has 5 nitrogen and oxygen atoms in total. The number of nitrogens with zero attached hydrogens (tertiary/aromatic N) is 2. The number of imidazole rings is 1. The predicted octanol–water partition coefficient (Wildman–Crippen LogP) is 2.14. The number of rotatable bonds is 6. The molecule has 22 heavy (non-hydrogen) atoms. The first-order valence-corrected chi connectivity index (χ1v) is 8.06. The van der Waals surface area contributed by atoms with Crippen LogP contribution in [0.25, 0.3) is 11.0 Å². The Morgan fingerprint density at radius 1 is 1.45 bits per heavy atom. The number of para-hydroxylation sites is 2. The molecule has 0 saturated carbocycles. The number of ether oxygens (including phenoxy) is 1. The van der Waals surface area contributed by atoms with Crippen LogP contribution in [-0.4, -0.2) is 35.2 Å². The molecule has 0 spiro atoms. The highest BCUT2D eigenvalue weighted by Gasteiger charge is 2.19. The number of nitrogens with one attached hydrogen (secondary N) is 1. The lowest BCUT2D eigenvalue weighted by atomic mass is 10.1. The third-order valence-corrected chi connectivity index (χ3v) is 4.22. The first-order valence-electron chi connectivity index (χ1n) is 8.06. The van der Waals surface area contributed by atoms with Crippen LogP contribution < -0.4 is 5.32 Å². The van der Waals surface area contributed by atoms with Crippen LogP contribution in [0.4, 0.5) is 0 Å². The van der Waals surface area contributed by atoms with Gasteiger partial charge < -0.3 is 14.6 Å². The zero-order chi connectivity index (χ0) is 15.4. The number of hydrogen-bond donors (Lipinski definition) is 1. The molecule has 118 valence electrons. The van der Waals surface area contributed by atoms with E-state index in [-0.39, 0.29) is 5.91 Å². The summed E-state index contributed by atoms with van der Waals surface area (Å²) in [6.07, 6.45) is 2.33. The Bertz CT molecular complexity index is 644. The molecule has 0 radical (unpaired) electrons. The summed E-state index contributed by atoms with van der Waals surface area (Å²) in [6.45, 7) is 5.16. The fourth-order valence-corrected chi connectivity index (χ4v) is 3.06. The average molecular weight is 301 g/mol. The van der Waals surface area contributed by atoms with Gasteiger partial charge in [-0.3, -0.25) is 4.79 Å². The minimum Gasteiger partial charge on any atom is -0.381 e. The van der Waals surface area contributed by atoms with Crippen molar-refractivity contribution in [2.24, 2.45) is 5.92 Å². The Balaban J connectivity index is 1.56. The van der Waals surface area contributed by atoms with Crippen molar-refractivity contribution in [3.63, 3.8) is 0 Å². The van der Waals surface area contributed by atoms with E-state index in [1.165, 1.54) is 0 Å². The monoisotopic (exact) mass is 301 g/mol. The number of benzene rings is 1. The van der Waals surface area contributed by atoms with E-state index in [0.29, 0.717) is 18.9 Å². The highest BCUT2D eigenvalue weighted by molar-refractivity contribution is 5.77. The molecule has 1 fully saturated rings. The van der Waals surface area contributed by atoms with Crippen molar-refractivity contribution < 1.29 is 9.53 Å². The molecule has 0 aliphatic carbocycles. The average Bonchev–Trinajstić information content (AvgIpc) is 3.14. The maximum Gasteiger partial charge on any atom is 0.220 e. The van der Waals surface area contributed by atoms with E-state index in [1.54, 1.807) is 0 Å². The summed E-state index contributed by atoms with van der Waals surface area (Å²) in [5.41, 5.74) is 2.18. The first kappa shape index (κ1) is 15.0. The van der Waals surface area contributed by atoms with E-state index in [1.807, 2.05) is 18.2 Å². The summed E-state index contributed by atoms with van der Waals surface area (Å²) in [7, 11) is 0. The fourth-order valence-electron chi connectivity index (χ4n) is 3.06. The van der Waals surface area contributed by atoms with Gasteiger partial charge in [0.05, 0.1) is 11.0 Å². The number of fused-ring (bicyclic) bond motifs is 1. The molecule has 3 rings (SSSR count). The molecule has 1 saturated heterocycles. The van der Waals surface area contributed by atoms with Crippen LogP contribution >= 0.6 is 0 Å². The normalized spacial score (nSPS) is 18.0. The largest absolute Gasteiger partial charge is 0.381 e. The molecular formula is C17H23N3O2. The van der Waals surface area contributed by atoms with Gasteiger partial charge >= 0.3 is 0 Å². The minimum absolute atomic E-state index is 0.120. The van der Waals surface area contributed by atoms with Crippen molar-refractivity contribution in [3.05, 3.63) is 30.1 Å². The molecule has 1 atom stereocenters. The van der Waals surface area contributed by atoms with Crippen molar-refractivity contribution in [1.29, 1.82) is 0 Å². The topological polar surface area (TPSA) is 56.2 Å². The number of carbonyl (C=O) groups excluding carboxylic acids is 1. The zero-order valence-corrected chi connectivity index (χ0v) is 13.0. The van der Waals surface area contributed by atoms with Crippen LogP contribution in [-0.2, 0) is 22.5 Å². The van der Waals surface area contributed by atoms with Crippen LogP contribution in [0.3, 0.4) is 0 Å². The molecular weight excluding hydrogens is 278 g/mol. The van der Waals surface area contributed by atoms with E-state index in [9.17, 15) is 4.79 Å². The highest BCUT2D eigenvalue weighted by atomic mass is 16.5. The van der Waals surface area contributed by atoms with Crippen molar-refractivity contribution in [1.82, 2.24) is 14.9 Å². The highest BCUT2D eigenvalue weighted by Crippen LogP contribution is 2.17. The van der Waals surface area contributed by atoms with E-state index >= 15 is 0 Å². The summed E-state index contributed by atoms with van der Waals surface area (Å²) < 4.78 is 7.52. The second-order valence-corrected chi connectivity index (χ2v) is 5.79. The van der Waals surface area contributed by atoms with Gasteiger partial charge in [-0.05, 0) is 31.4 Å². The lowest BCUT2D eigenvalue weighted by Gasteiger charge is -2.09. The quantitative estimate of drug-likeness (QED) is 0.889. The van der Waals surface area contributed by atoms with Gasteiger partial charge in [0.1, 0.15) is 5.82 Å². The molecule has 0 unspecified atom stereocenters. The maximum atomic E-state index is 11.9. The van der Waals surface area contributed by atoms with Crippen LogP contribution in [0.2, 0.25) is 0 Å². The van der Waals surface area contributed by atoms with Gasteiger partial charge in [0.25, 0.3) is 0 Å². The van der Waals surface area contributed by atoms with Gasteiger partial charge in [-0.15, -0.1) is 0 Å². The number of amides is 1. The molecule has 0 bridgehead atoms. The Kier molecular flexibility index (Phi) is 4.73. The number of aryl methyl sites for hydroxylation is 1. The molecule has 1 aromatic heterocycles. The minimum atomic E-state index is 0.120. The SMILES string of the molecule is CCn1c(CCNC(=O)C[C@@H]2CCOC2)nc2ccccc21. The van der Waals surface area contributed by atoms with Crippen LogP contribution in [0, 0.1) is 5.92 Å². The van der Waals surface area contributed by atoms with Gasteiger partial charge in [0.2, 0.25) is 5.91 Å². The summed E-state index contributed by atoms with van der Waals surface area (Å²) in [5.74, 6) is 1.54. The summed E-state index contributed by atoms with van der Waals surface area (Å²) in [5, 5.41) is 3.01. The molecule has 1 amide bonds. The summed E-state index contributed by atoms with van der Waals surface area (Å²) in [4.78, 5) is 16.6. The van der Waals surface area contributed by atoms with Crippen LogP contribution in [0.15, 0.2) is 24.3 Å². The Morgan fingerprint density at radius 2 is 2.32 bits per heavy atom. The van der Waals surface area contributed by atoms with Crippen LogP contribution in [0.5, 0.6) is 0 Å². The zero-order valence-electron chi connectivity index (χ0n) is 13.0. The van der Waals surface area contributed by atoms with Gasteiger partial charge in [-0.25, -0.2) is 4.98 Å². The molecule has 2 aromatic rings. The van der Waals surface area contributed by atoms with Gasteiger partial charge in [0.15, 0.2) is 0 Å². The Hall–Kier alpha value is -1.88. The van der Waals surface area contributed by atoms with Gasteiger partial charge in [-0.1, -0.05) is 12.1 Å². The number of aromatic nitrogens is 2. The molecule has 5 heteroatoms. The van der Waals surface area contributed by atoms with E-state index in [0.717, 1.165) is 49.5 Å². The molecule has 1 aliphatic rings.